The van der Waals surface area contributed by atoms with Crippen LogP contribution in [0.1, 0.15) is 24.8 Å². The summed E-state index contributed by atoms with van der Waals surface area (Å²) in [5.41, 5.74) is 0.791. The van der Waals surface area contributed by atoms with E-state index in [4.69, 9.17) is 5.11 Å². The summed E-state index contributed by atoms with van der Waals surface area (Å²) in [6.45, 7) is 0.0589. The summed E-state index contributed by atoms with van der Waals surface area (Å²) < 4.78 is 0. The minimum atomic E-state index is 0.0398. The van der Waals surface area contributed by atoms with Crippen LogP contribution in [-0.4, -0.2) is 22.6 Å². The highest BCUT2D eigenvalue weighted by molar-refractivity contribution is 5.93. The molecule has 0 radical (unpaired) electrons. The molecule has 0 saturated heterocycles. The number of hydrogen-bond acceptors (Lipinski definition) is 3. The molecule has 2 N–H and O–H groups in total. The van der Waals surface area contributed by atoms with E-state index in [0.29, 0.717) is 12.2 Å². The lowest BCUT2D eigenvalue weighted by Crippen LogP contribution is -2.14. The van der Waals surface area contributed by atoms with Gasteiger partial charge in [-0.05, 0) is 25.0 Å². The van der Waals surface area contributed by atoms with Crippen molar-refractivity contribution < 1.29 is 9.90 Å². The van der Waals surface area contributed by atoms with Crippen LogP contribution in [0.15, 0.2) is 18.3 Å². The lowest BCUT2D eigenvalue weighted by Gasteiger charge is -2.02. The summed E-state index contributed by atoms with van der Waals surface area (Å²) >= 11 is 0. The molecule has 4 nitrogen and oxygen atoms in total. The number of rotatable bonds is 3. The van der Waals surface area contributed by atoms with Crippen molar-refractivity contribution in [1.82, 2.24) is 4.98 Å². The predicted molar refractivity (Wildman–Crippen MR) is 64.2 cm³/mol. The van der Waals surface area contributed by atoms with E-state index in [1.54, 1.807) is 18.3 Å². The molecular weight excluding hydrogens is 216 g/mol. The van der Waals surface area contributed by atoms with Crippen molar-refractivity contribution in [3.63, 3.8) is 0 Å². The summed E-state index contributed by atoms with van der Waals surface area (Å²) in [4.78, 5) is 15.6. The number of hydrogen-bond donors (Lipinski definition) is 2. The third kappa shape index (κ3) is 3.58. The number of carbonyl (C=O) groups excluding carboxylic acids is 1. The molecule has 0 unspecified atom stereocenters. The summed E-state index contributed by atoms with van der Waals surface area (Å²) in [5.74, 6) is 6.48. The summed E-state index contributed by atoms with van der Waals surface area (Å²) in [6.07, 6.45) is 4.02. The second kappa shape index (κ2) is 5.46. The Morgan fingerprint density at radius 1 is 1.59 bits per heavy atom. The molecule has 1 saturated carbocycles. The third-order valence-corrected chi connectivity index (χ3v) is 2.43. The third-order valence-electron chi connectivity index (χ3n) is 2.43. The van der Waals surface area contributed by atoms with E-state index in [-0.39, 0.29) is 18.4 Å². The smallest absolute Gasteiger partial charge is 0.228 e. The maximum atomic E-state index is 11.5. The quantitative estimate of drug-likeness (QED) is 0.766. The molecule has 2 rings (SSSR count). The molecule has 1 amide bonds. The largest absolute Gasteiger partial charge is 0.395 e. The standard InChI is InChI=1S/C13H14N2O2/c16-8-2-1-3-10-6-7-14-12(9-10)15-13(17)11-4-5-11/h6-7,9,11,16H,2,4-5,8H2,(H,14,15,17). The van der Waals surface area contributed by atoms with Gasteiger partial charge in [0.25, 0.3) is 0 Å². The number of nitrogens with one attached hydrogen (secondary N) is 1. The molecule has 0 atom stereocenters. The minimum Gasteiger partial charge on any atom is -0.395 e. The van der Waals surface area contributed by atoms with Gasteiger partial charge in [-0.25, -0.2) is 4.98 Å². The van der Waals surface area contributed by atoms with Crippen LogP contribution in [0.3, 0.4) is 0 Å². The zero-order chi connectivity index (χ0) is 12.1. The van der Waals surface area contributed by atoms with Gasteiger partial charge in [0.1, 0.15) is 5.82 Å². The summed E-state index contributed by atoms with van der Waals surface area (Å²) in [7, 11) is 0. The van der Waals surface area contributed by atoms with Crippen molar-refractivity contribution in [2.75, 3.05) is 11.9 Å². The first kappa shape index (κ1) is 11.6. The molecule has 1 aromatic rings. The van der Waals surface area contributed by atoms with Gasteiger partial charge in [-0.3, -0.25) is 4.79 Å². The van der Waals surface area contributed by atoms with Crippen molar-refractivity contribution >= 4 is 11.7 Å². The van der Waals surface area contributed by atoms with E-state index in [1.165, 1.54) is 0 Å². The average molecular weight is 230 g/mol. The second-order valence-corrected chi connectivity index (χ2v) is 3.97. The van der Waals surface area contributed by atoms with Crippen molar-refractivity contribution in [3.05, 3.63) is 23.9 Å². The molecule has 17 heavy (non-hydrogen) atoms. The van der Waals surface area contributed by atoms with E-state index < -0.39 is 0 Å². The summed E-state index contributed by atoms with van der Waals surface area (Å²) in [5, 5.41) is 11.4. The van der Waals surface area contributed by atoms with Crippen molar-refractivity contribution in [2.45, 2.75) is 19.3 Å². The number of aromatic nitrogens is 1. The van der Waals surface area contributed by atoms with Gasteiger partial charge >= 0.3 is 0 Å². The fourth-order valence-electron chi connectivity index (χ4n) is 1.37. The van der Waals surface area contributed by atoms with Crippen LogP contribution in [0.4, 0.5) is 5.82 Å². The van der Waals surface area contributed by atoms with Crippen molar-refractivity contribution in [2.24, 2.45) is 5.92 Å². The lowest BCUT2D eigenvalue weighted by molar-refractivity contribution is -0.117. The van der Waals surface area contributed by atoms with Crippen LogP contribution in [0, 0.1) is 17.8 Å². The predicted octanol–water partition coefficient (Wildman–Crippen LogP) is 1.16. The number of aliphatic hydroxyl groups is 1. The molecule has 0 spiro atoms. The molecule has 1 heterocycles. The van der Waals surface area contributed by atoms with E-state index >= 15 is 0 Å². The molecule has 0 bridgehead atoms. The van der Waals surface area contributed by atoms with Gasteiger partial charge in [-0.2, -0.15) is 0 Å². The molecule has 1 aliphatic carbocycles. The topological polar surface area (TPSA) is 62.2 Å². The number of amides is 1. The van der Waals surface area contributed by atoms with Crippen LogP contribution < -0.4 is 5.32 Å². The lowest BCUT2D eigenvalue weighted by atomic mass is 10.2. The number of anilines is 1. The van der Waals surface area contributed by atoms with Crippen LogP contribution in [0.25, 0.3) is 0 Å². The Labute approximate surface area is 100 Å². The molecular formula is C13H14N2O2. The van der Waals surface area contributed by atoms with Gasteiger partial charge in [0, 0.05) is 24.1 Å². The monoisotopic (exact) mass is 230 g/mol. The number of pyridine rings is 1. The van der Waals surface area contributed by atoms with Crippen LogP contribution >= 0.6 is 0 Å². The molecule has 0 aliphatic heterocycles. The van der Waals surface area contributed by atoms with Crippen LogP contribution in [0.5, 0.6) is 0 Å². The van der Waals surface area contributed by atoms with E-state index in [9.17, 15) is 4.79 Å². The molecule has 1 aromatic heterocycles. The maximum Gasteiger partial charge on any atom is 0.228 e. The number of nitrogens with zero attached hydrogens (tertiary/aromatic N) is 1. The zero-order valence-electron chi connectivity index (χ0n) is 9.44. The van der Waals surface area contributed by atoms with Gasteiger partial charge in [0.15, 0.2) is 0 Å². The first-order valence-corrected chi connectivity index (χ1v) is 5.66. The SMILES string of the molecule is O=C(Nc1cc(C#CCCO)ccn1)C1CC1. The Hall–Kier alpha value is -1.86. The van der Waals surface area contributed by atoms with Crippen molar-refractivity contribution in [3.8, 4) is 11.8 Å². The first-order chi connectivity index (χ1) is 8.29. The Morgan fingerprint density at radius 3 is 3.12 bits per heavy atom. The van der Waals surface area contributed by atoms with E-state index in [1.807, 2.05) is 0 Å². The Kier molecular flexibility index (Phi) is 3.73. The fourth-order valence-corrected chi connectivity index (χ4v) is 1.37. The maximum absolute atomic E-state index is 11.5. The van der Waals surface area contributed by atoms with Gasteiger partial charge < -0.3 is 10.4 Å². The van der Waals surface area contributed by atoms with Gasteiger partial charge in [-0.1, -0.05) is 11.8 Å². The Balaban J connectivity index is 2.01. The molecule has 88 valence electrons. The minimum absolute atomic E-state index is 0.0398. The Morgan fingerprint density at radius 2 is 2.41 bits per heavy atom. The number of aliphatic hydroxyl groups excluding tert-OH is 1. The van der Waals surface area contributed by atoms with Crippen LogP contribution in [0.2, 0.25) is 0 Å². The first-order valence-electron chi connectivity index (χ1n) is 5.66. The second-order valence-electron chi connectivity index (χ2n) is 3.97. The zero-order valence-corrected chi connectivity index (χ0v) is 9.44. The van der Waals surface area contributed by atoms with Gasteiger partial charge in [0.2, 0.25) is 5.91 Å². The molecule has 1 fully saturated rings. The molecule has 4 heteroatoms. The highest BCUT2D eigenvalue weighted by Crippen LogP contribution is 2.29. The van der Waals surface area contributed by atoms with Gasteiger partial charge in [-0.15, -0.1) is 0 Å². The number of carbonyl (C=O) groups is 1. The van der Waals surface area contributed by atoms with E-state index in [0.717, 1.165) is 18.4 Å². The van der Waals surface area contributed by atoms with E-state index in [2.05, 4.69) is 22.1 Å². The van der Waals surface area contributed by atoms with Gasteiger partial charge in [0.05, 0.1) is 6.61 Å². The molecule has 1 aliphatic rings. The highest BCUT2D eigenvalue weighted by atomic mass is 16.2. The normalized spacial score (nSPS) is 13.7. The Bertz CT molecular complexity index is 470. The van der Waals surface area contributed by atoms with Crippen molar-refractivity contribution in [1.29, 1.82) is 0 Å². The fraction of sp³-hybridized carbons (Fsp3) is 0.385. The highest BCUT2D eigenvalue weighted by Gasteiger charge is 2.29. The average Bonchev–Trinajstić information content (AvgIpc) is 3.14. The molecule has 0 aromatic carbocycles. The summed E-state index contributed by atoms with van der Waals surface area (Å²) in [6, 6.07) is 3.52. The van der Waals surface area contributed by atoms with Crippen LogP contribution in [-0.2, 0) is 4.79 Å².